The molecular weight excluding hydrogens is 398 g/mol. The van der Waals surface area contributed by atoms with Gasteiger partial charge in [-0.2, -0.15) is 0 Å². The fourth-order valence-corrected chi connectivity index (χ4v) is 4.11. The number of thioether (sulfide) groups is 1. The number of anilines is 2. The number of carbonyl (C=O) groups excluding carboxylic acids is 1. The fourth-order valence-electron chi connectivity index (χ4n) is 3.21. The number of carbonyl (C=O) groups is 1. The Hall–Kier alpha value is -2.45. The number of hydrogen-bond acceptors (Lipinski definition) is 7. The second-order valence-electron chi connectivity index (χ2n) is 8.47. The first-order chi connectivity index (χ1) is 14.2. The number of hydrogen-bond donors (Lipinski definition) is 2. The number of rotatable bonds is 5. The smallest absolute Gasteiger partial charge is 0.410 e. The van der Waals surface area contributed by atoms with Gasteiger partial charge in [-0.15, -0.1) is 0 Å². The summed E-state index contributed by atoms with van der Waals surface area (Å²) in [5.41, 5.74) is 15.4. The molecule has 0 bridgehead atoms. The first kappa shape index (κ1) is 22.2. The number of nitrogens with zero attached hydrogens (tertiary/aromatic N) is 3. The molecule has 1 fully saturated rings. The monoisotopic (exact) mass is 429 g/mol. The topological polar surface area (TPSA) is 97.7 Å². The van der Waals surface area contributed by atoms with Crippen molar-refractivity contribution in [1.82, 2.24) is 14.8 Å². The summed E-state index contributed by atoms with van der Waals surface area (Å²) in [4.78, 5) is 20.8. The number of nitrogens with two attached hydrogens (primary N) is 2. The van der Waals surface area contributed by atoms with Gasteiger partial charge in [0.05, 0.1) is 5.69 Å². The molecule has 1 aromatic heterocycles. The van der Waals surface area contributed by atoms with Crippen molar-refractivity contribution in [1.29, 1.82) is 0 Å². The predicted molar refractivity (Wildman–Crippen MR) is 122 cm³/mol. The molecule has 0 aliphatic carbocycles. The number of benzene rings is 1. The fraction of sp³-hybridized carbons (Fsp3) is 0.455. The van der Waals surface area contributed by atoms with Gasteiger partial charge in [0.2, 0.25) is 0 Å². The van der Waals surface area contributed by atoms with Gasteiger partial charge in [0, 0.05) is 50.4 Å². The van der Waals surface area contributed by atoms with Crippen LogP contribution in [0.2, 0.25) is 0 Å². The molecule has 7 nitrogen and oxygen atoms in total. The van der Waals surface area contributed by atoms with E-state index in [0.29, 0.717) is 18.8 Å². The molecule has 0 spiro atoms. The van der Waals surface area contributed by atoms with Gasteiger partial charge in [-0.3, -0.25) is 4.90 Å². The molecule has 2 aromatic rings. The summed E-state index contributed by atoms with van der Waals surface area (Å²) in [5, 5.41) is 0.816. The van der Waals surface area contributed by atoms with Crippen LogP contribution in [0.4, 0.5) is 16.2 Å². The minimum atomic E-state index is -0.469. The molecule has 30 heavy (non-hydrogen) atoms. The van der Waals surface area contributed by atoms with Crippen LogP contribution in [0.3, 0.4) is 0 Å². The predicted octanol–water partition coefficient (Wildman–Crippen LogP) is 3.59. The average molecular weight is 430 g/mol. The van der Waals surface area contributed by atoms with E-state index in [0.717, 1.165) is 47.2 Å². The minimum absolute atomic E-state index is 0.242. The summed E-state index contributed by atoms with van der Waals surface area (Å²) in [7, 11) is 0. The van der Waals surface area contributed by atoms with E-state index >= 15 is 0 Å². The van der Waals surface area contributed by atoms with Gasteiger partial charge in [-0.05, 0) is 44.0 Å². The Morgan fingerprint density at radius 1 is 1.13 bits per heavy atom. The van der Waals surface area contributed by atoms with E-state index in [1.165, 1.54) is 0 Å². The maximum absolute atomic E-state index is 12.2. The van der Waals surface area contributed by atoms with Crippen molar-refractivity contribution >= 4 is 29.2 Å². The second-order valence-corrected chi connectivity index (χ2v) is 9.43. The zero-order valence-corrected chi connectivity index (χ0v) is 18.7. The third-order valence-electron chi connectivity index (χ3n) is 4.79. The standard InChI is InChI=1S/C22H31N5O2S/c1-22(2,3)29-21(28)27-10-8-26(9-11-27)14-16-12-19(24)20(25-13-16)30-15-17-6-4-5-7-18(17)23/h4-7,12-13H,8-11,14-15,23-24H2,1-3H3. The van der Waals surface area contributed by atoms with E-state index in [1.54, 1.807) is 16.7 Å². The summed E-state index contributed by atoms with van der Waals surface area (Å²) in [6, 6.07) is 9.82. The Labute approximate surface area is 182 Å². The van der Waals surface area contributed by atoms with Crippen LogP contribution >= 0.6 is 11.8 Å². The average Bonchev–Trinajstić information content (AvgIpc) is 2.68. The van der Waals surface area contributed by atoms with Crippen molar-refractivity contribution in [2.24, 2.45) is 0 Å². The summed E-state index contributed by atoms with van der Waals surface area (Å²) in [6.07, 6.45) is 1.64. The molecule has 1 saturated heterocycles. The summed E-state index contributed by atoms with van der Waals surface area (Å²) in [5.74, 6) is 0.732. The largest absolute Gasteiger partial charge is 0.444 e. The van der Waals surface area contributed by atoms with E-state index in [-0.39, 0.29) is 6.09 Å². The molecular formula is C22H31N5O2S. The second kappa shape index (κ2) is 9.57. The quantitative estimate of drug-likeness (QED) is 0.554. The molecule has 0 radical (unpaired) electrons. The number of pyridine rings is 1. The van der Waals surface area contributed by atoms with Gasteiger partial charge >= 0.3 is 6.09 Å². The molecule has 1 aliphatic rings. The third-order valence-corrected chi connectivity index (χ3v) is 5.86. The Balaban J connectivity index is 1.50. The molecule has 3 rings (SSSR count). The van der Waals surface area contributed by atoms with Crippen molar-refractivity contribution in [3.63, 3.8) is 0 Å². The lowest BCUT2D eigenvalue weighted by molar-refractivity contribution is 0.0139. The van der Waals surface area contributed by atoms with E-state index in [2.05, 4.69) is 9.88 Å². The Bertz CT molecular complexity index is 876. The van der Waals surface area contributed by atoms with Gasteiger partial charge < -0.3 is 21.1 Å². The molecule has 0 saturated carbocycles. The molecule has 8 heteroatoms. The summed E-state index contributed by atoms with van der Waals surface area (Å²) < 4.78 is 5.45. The number of aromatic nitrogens is 1. The Morgan fingerprint density at radius 2 is 1.83 bits per heavy atom. The van der Waals surface area contributed by atoms with Crippen molar-refractivity contribution < 1.29 is 9.53 Å². The van der Waals surface area contributed by atoms with Gasteiger partial charge in [0.25, 0.3) is 0 Å². The number of ether oxygens (including phenoxy) is 1. The SMILES string of the molecule is CC(C)(C)OC(=O)N1CCN(Cc2cnc(SCc3ccccc3N)c(N)c2)CC1. The highest BCUT2D eigenvalue weighted by Crippen LogP contribution is 2.28. The van der Waals surface area contributed by atoms with E-state index in [4.69, 9.17) is 16.2 Å². The van der Waals surface area contributed by atoms with Crippen LogP contribution < -0.4 is 11.5 Å². The van der Waals surface area contributed by atoms with Crippen molar-refractivity contribution in [3.05, 3.63) is 47.7 Å². The lowest BCUT2D eigenvalue weighted by Gasteiger charge is -2.35. The molecule has 1 amide bonds. The first-order valence-corrected chi connectivity index (χ1v) is 11.1. The van der Waals surface area contributed by atoms with Gasteiger partial charge in [0.1, 0.15) is 10.6 Å². The van der Waals surface area contributed by atoms with Crippen LogP contribution in [-0.4, -0.2) is 52.7 Å². The van der Waals surface area contributed by atoms with Crippen molar-refractivity contribution in [2.75, 3.05) is 37.6 Å². The maximum atomic E-state index is 12.2. The highest BCUT2D eigenvalue weighted by atomic mass is 32.2. The number of para-hydroxylation sites is 1. The molecule has 162 valence electrons. The van der Waals surface area contributed by atoms with Crippen LogP contribution in [0.5, 0.6) is 0 Å². The summed E-state index contributed by atoms with van der Waals surface area (Å²) in [6.45, 7) is 9.32. The first-order valence-electron chi connectivity index (χ1n) is 10.1. The third kappa shape index (κ3) is 6.27. The molecule has 1 aromatic carbocycles. The molecule has 2 heterocycles. The van der Waals surface area contributed by atoms with Crippen molar-refractivity contribution in [3.8, 4) is 0 Å². The van der Waals surface area contributed by atoms with Crippen LogP contribution in [-0.2, 0) is 17.0 Å². The lowest BCUT2D eigenvalue weighted by Crippen LogP contribution is -2.49. The zero-order chi connectivity index (χ0) is 21.7. The number of amides is 1. The minimum Gasteiger partial charge on any atom is -0.444 e. The highest BCUT2D eigenvalue weighted by molar-refractivity contribution is 7.98. The van der Waals surface area contributed by atoms with E-state index in [9.17, 15) is 4.79 Å². The molecule has 0 atom stereocenters. The van der Waals surface area contributed by atoms with E-state index < -0.39 is 5.60 Å². The van der Waals surface area contributed by atoms with Gasteiger partial charge in [0.15, 0.2) is 0 Å². The van der Waals surface area contributed by atoms with Crippen LogP contribution in [0.15, 0.2) is 41.6 Å². The van der Waals surface area contributed by atoms with E-state index in [1.807, 2.05) is 57.3 Å². The maximum Gasteiger partial charge on any atom is 0.410 e. The van der Waals surface area contributed by atoms with Crippen molar-refractivity contribution in [2.45, 2.75) is 43.7 Å². The number of nitrogen functional groups attached to an aromatic ring is 2. The Morgan fingerprint density at radius 3 is 2.47 bits per heavy atom. The lowest BCUT2D eigenvalue weighted by atomic mass is 10.2. The molecule has 0 unspecified atom stereocenters. The molecule has 4 N–H and O–H groups in total. The summed E-state index contributed by atoms with van der Waals surface area (Å²) >= 11 is 1.59. The van der Waals surface area contributed by atoms with Gasteiger partial charge in [-0.1, -0.05) is 30.0 Å². The highest BCUT2D eigenvalue weighted by Gasteiger charge is 2.25. The normalized spacial score (nSPS) is 15.2. The van der Waals surface area contributed by atoms with Crippen LogP contribution in [0.1, 0.15) is 31.9 Å². The van der Waals surface area contributed by atoms with Crippen LogP contribution in [0, 0.1) is 0 Å². The Kier molecular flexibility index (Phi) is 7.10. The zero-order valence-electron chi connectivity index (χ0n) is 17.9. The van der Waals surface area contributed by atoms with Gasteiger partial charge in [-0.25, -0.2) is 9.78 Å². The number of piperazine rings is 1. The molecule has 1 aliphatic heterocycles. The van der Waals surface area contributed by atoms with Crippen LogP contribution in [0.25, 0.3) is 0 Å².